The van der Waals surface area contributed by atoms with Gasteiger partial charge in [0.25, 0.3) is 0 Å². The molecule has 0 radical (unpaired) electrons. The van der Waals surface area contributed by atoms with Gasteiger partial charge in [0, 0.05) is 24.6 Å². The first-order valence-electron chi connectivity index (χ1n) is 13.5. The van der Waals surface area contributed by atoms with E-state index in [9.17, 15) is 14.4 Å². The summed E-state index contributed by atoms with van der Waals surface area (Å²) in [5.41, 5.74) is 2.83. The number of aryl methyl sites for hydroxylation is 3. The molecule has 6 heteroatoms. The quantitative estimate of drug-likeness (QED) is 0.293. The molecule has 2 atom stereocenters. The molecule has 0 spiro atoms. The largest absolute Gasteiger partial charge is 0.480 e. The van der Waals surface area contributed by atoms with Gasteiger partial charge in [0.1, 0.15) is 11.5 Å². The molecule has 2 unspecified atom stereocenters. The van der Waals surface area contributed by atoms with E-state index >= 15 is 0 Å². The van der Waals surface area contributed by atoms with Gasteiger partial charge in [-0.05, 0) is 82.2 Å². The first-order valence-corrected chi connectivity index (χ1v) is 13.5. The van der Waals surface area contributed by atoms with Crippen LogP contribution in [0.25, 0.3) is 0 Å². The molecule has 3 aromatic carbocycles. The summed E-state index contributed by atoms with van der Waals surface area (Å²) >= 11 is 0. The Morgan fingerprint density at radius 3 is 2.08 bits per heavy atom. The number of benzene rings is 3. The molecule has 1 amide bonds. The number of likely N-dealkylation sites (tertiary alicyclic amines) is 1. The lowest BCUT2D eigenvalue weighted by Gasteiger charge is -2.26. The van der Waals surface area contributed by atoms with Crippen LogP contribution in [0.2, 0.25) is 0 Å². The number of ether oxygens (including phenoxy) is 2. The van der Waals surface area contributed by atoms with Gasteiger partial charge in [-0.15, -0.1) is 0 Å². The van der Waals surface area contributed by atoms with Crippen LogP contribution in [-0.4, -0.2) is 41.3 Å². The summed E-state index contributed by atoms with van der Waals surface area (Å²) in [5, 5.41) is 0. The smallest absolute Gasteiger partial charge is 0.415 e. The third kappa shape index (κ3) is 6.75. The van der Waals surface area contributed by atoms with E-state index in [1.54, 1.807) is 30.9 Å². The van der Waals surface area contributed by atoms with Crippen molar-refractivity contribution >= 4 is 17.7 Å². The van der Waals surface area contributed by atoms with E-state index in [-0.39, 0.29) is 23.4 Å². The second-order valence-corrected chi connectivity index (χ2v) is 10.9. The molecule has 0 aliphatic carbocycles. The molecule has 0 bridgehead atoms. The Morgan fingerprint density at radius 1 is 0.897 bits per heavy atom. The van der Waals surface area contributed by atoms with Crippen LogP contribution in [0.5, 0.6) is 11.5 Å². The van der Waals surface area contributed by atoms with Crippen molar-refractivity contribution < 1.29 is 23.9 Å². The number of nitrogens with zero attached hydrogens (tertiary/aromatic N) is 1. The zero-order valence-corrected chi connectivity index (χ0v) is 23.4. The predicted molar refractivity (Wildman–Crippen MR) is 151 cm³/mol. The third-order valence-corrected chi connectivity index (χ3v) is 7.57. The SMILES string of the molecule is CC(=O)C(C)(C)Oc1c(C)cc(CCC2CN(C(=O)Oc3ccccc3)CC2C(=O)c2ccccc2)cc1C. The Hall–Kier alpha value is -3.93. The number of amides is 1. The first kappa shape index (κ1) is 28.1. The summed E-state index contributed by atoms with van der Waals surface area (Å²) in [4.78, 5) is 40.1. The van der Waals surface area contributed by atoms with Crippen molar-refractivity contribution in [1.82, 2.24) is 4.90 Å². The van der Waals surface area contributed by atoms with E-state index < -0.39 is 11.7 Å². The Bertz CT molecular complexity index is 1310. The Morgan fingerprint density at radius 2 is 1.49 bits per heavy atom. The number of carbonyl (C=O) groups is 3. The van der Waals surface area contributed by atoms with Gasteiger partial charge in [0.15, 0.2) is 17.2 Å². The highest BCUT2D eigenvalue weighted by Crippen LogP contribution is 2.33. The summed E-state index contributed by atoms with van der Waals surface area (Å²) in [5.74, 6) is 0.922. The fourth-order valence-electron chi connectivity index (χ4n) is 5.10. The molecule has 1 heterocycles. The van der Waals surface area contributed by atoms with Crippen molar-refractivity contribution in [3.8, 4) is 11.5 Å². The van der Waals surface area contributed by atoms with Crippen LogP contribution in [-0.2, 0) is 11.2 Å². The Labute approximate surface area is 230 Å². The monoisotopic (exact) mass is 527 g/mol. The van der Waals surface area contributed by atoms with Gasteiger partial charge in [0.2, 0.25) is 0 Å². The first-order chi connectivity index (χ1) is 18.5. The minimum Gasteiger partial charge on any atom is -0.480 e. The van der Waals surface area contributed by atoms with Crippen molar-refractivity contribution in [3.05, 3.63) is 95.1 Å². The minimum absolute atomic E-state index is 0.00536. The molecular weight excluding hydrogens is 490 g/mol. The summed E-state index contributed by atoms with van der Waals surface area (Å²) < 4.78 is 11.7. The molecule has 1 saturated heterocycles. The zero-order valence-electron chi connectivity index (χ0n) is 23.4. The van der Waals surface area contributed by atoms with Crippen LogP contribution in [0.1, 0.15) is 54.2 Å². The van der Waals surface area contributed by atoms with Crippen LogP contribution in [0.4, 0.5) is 4.79 Å². The number of carbonyl (C=O) groups excluding carboxylic acids is 3. The highest BCUT2D eigenvalue weighted by atomic mass is 16.6. The van der Waals surface area contributed by atoms with E-state index in [1.807, 2.05) is 62.4 Å². The molecule has 6 nitrogen and oxygen atoms in total. The number of Topliss-reactive ketones (excluding diaryl/α,β-unsaturated/α-hetero) is 2. The number of para-hydroxylation sites is 1. The second kappa shape index (κ2) is 11.9. The van der Waals surface area contributed by atoms with Gasteiger partial charge in [-0.3, -0.25) is 9.59 Å². The molecule has 1 fully saturated rings. The molecule has 0 N–H and O–H groups in total. The summed E-state index contributed by atoms with van der Waals surface area (Å²) in [6.45, 7) is 9.85. The van der Waals surface area contributed by atoms with Gasteiger partial charge < -0.3 is 14.4 Å². The number of ketones is 2. The molecule has 4 rings (SSSR count). The van der Waals surface area contributed by atoms with Crippen LogP contribution in [0.15, 0.2) is 72.8 Å². The maximum atomic E-state index is 13.5. The van der Waals surface area contributed by atoms with Crippen LogP contribution in [0.3, 0.4) is 0 Å². The summed E-state index contributed by atoms with van der Waals surface area (Å²) in [7, 11) is 0. The summed E-state index contributed by atoms with van der Waals surface area (Å²) in [6, 6.07) is 22.4. The fourth-order valence-corrected chi connectivity index (χ4v) is 5.10. The minimum atomic E-state index is -0.899. The molecule has 3 aromatic rings. The average Bonchev–Trinajstić information content (AvgIpc) is 3.34. The van der Waals surface area contributed by atoms with E-state index in [0.29, 0.717) is 24.4 Å². The lowest BCUT2D eigenvalue weighted by Crippen LogP contribution is -2.36. The average molecular weight is 528 g/mol. The number of rotatable bonds is 9. The van der Waals surface area contributed by atoms with Crippen molar-refractivity contribution in [2.45, 2.75) is 53.1 Å². The number of hydrogen-bond donors (Lipinski definition) is 0. The third-order valence-electron chi connectivity index (χ3n) is 7.57. The highest BCUT2D eigenvalue weighted by Gasteiger charge is 2.40. The van der Waals surface area contributed by atoms with Gasteiger partial charge in [-0.1, -0.05) is 60.7 Å². The lowest BCUT2D eigenvalue weighted by atomic mass is 9.84. The van der Waals surface area contributed by atoms with Crippen LogP contribution in [0, 0.1) is 25.7 Å². The highest BCUT2D eigenvalue weighted by molar-refractivity contribution is 5.98. The van der Waals surface area contributed by atoms with Crippen molar-refractivity contribution in [1.29, 1.82) is 0 Å². The van der Waals surface area contributed by atoms with Gasteiger partial charge in [-0.2, -0.15) is 0 Å². The van der Waals surface area contributed by atoms with Crippen molar-refractivity contribution in [3.63, 3.8) is 0 Å². The van der Waals surface area contributed by atoms with Gasteiger partial charge >= 0.3 is 6.09 Å². The topological polar surface area (TPSA) is 72.9 Å². The maximum Gasteiger partial charge on any atom is 0.415 e. The maximum absolute atomic E-state index is 13.5. The van der Waals surface area contributed by atoms with Crippen LogP contribution >= 0.6 is 0 Å². The molecule has 0 saturated carbocycles. The number of hydrogen-bond acceptors (Lipinski definition) is 5. The standard InChI is InChI=1S/C33H37NO5/c1-22-18-25(19-23(2)31(22)39-33(4,5)24(3)35)16-17-27-20-34(32(37)38-28-14-10-7-11-15-28)21-29(27)30(36)26-12-8-6-9-13-26/h6-15,18-19,27,29H,16-17,20-21H2,1-5H3. The fraction of sp³-hybridized carbons (Fsp3) is 0.364. The molecule has 204 valence electrons. The van der Waals surface area contributed by atoms with Crippen LogP contribution < -0.4 is 9.47 Å². The molecule has 1 aliphatic rings. The van der Waals surface area contributed by atoms with E-state index in [0.717, 1.165) is 35.3 Å². The molecular formula is C33H37NO5. The van der Waals surface area contributed by atoms with Gasteiger partial charge in [0.05, 0.1) is 0 Å². The van der Waals surface area contributed by atoms with E-state index in [4.69, 9.17) is 9.47 Å². The van der Waals surface area contributed by atoms with Crippen molar-refractivity contribution in [2.24, 2.45) is 11.8 Å². The predicted octanol–water partition coefficient (Wildman–Crippen LogP) is 6.61. The van der Waals surface area contributed by atoms with E-state index in [1.165, 1.54) is 6.92 Å². The molecule has 1 aliphatic heterocycles. The van der Waals surface area contributed by atoms with E-state index in [2.05, 4.69) is 12.1 Å². The molecule has 39 heavy (non-hydrogen) atoms. The molecule has 0 aromatic heterocycles. The zero-order chi connectivity index (χ0) is 28.2. The summed E-state index contributed by atoms with van der Waals surface area (Å²) in [6.07, 6.45) is 1.06. The van der Waals surface area contributed by atoms with Gasteiger partial charge in [-0.25, -0.2) is 4.79 Å². The lowest BCUT2D eigenvalue weighted by molar-refractivity contribution is -0.129. The Kier molecular flexibility index (Phi) is 8.54. The van der Waals surface area contributed by atoms with Crippen molar-refractivity contribution in [2.75, 3.05) is 13.1 Å². The normalized spacial score (nSPS) is 17.1. The Balaban J connectivity index is 1.50. The second-order valence-electron chi connectivity index (χ2n) is 10.9.